The van der Waals surface area contributed by atoms with Gasteiger partial charge in [-0.2, -0.15) is 0 Å². The van der Waals surface area contributed by atoms with Gasteiger partial charge in [0.25, 0.3) is 0 Å². The maximum absolute atomic E-state index is 12.5. The second-order valence-electron chi connectivity index (χ2n) is 4.98. The molecule has 5 heteroatoms. The molecule has 1 aromatic rings. The van der Waals surface area contributed by atoms with Crippen molar-refractivity contribution in [3.63, 3.8) is 0 Å². The van der Waals surface area contributed by atoms with Gasteiger partial charge < -0.3 is 10.6 Å². The maximum Gasteiger partial charge on any atom is 0.236 e. The summed E-state index contributed by atoms with van der Waals surface area (Å²) in [5, 5.41) is 6.12. The van der Waals surface area contributed by atoms with E-state index in [1.807, 2.05) is 25.2 Å². The lowest BCUT2D eigenvalue weighted by Crippen LogP contribution is -2.44. The highest BCUT2D eigenvalue weighted by molar-refractivity contribution is 8.01. The van der Waals surface area contributed by atoms with Gasteiger partial charge in [0.1, 0.15) is 0 Å². The van der Waals surface area contributed by atoms with Crippen LogP contribution in [0.2, 0.25) is 0 Å². The largest absolute Gasteiger partial charge is 0.354 e. The first-order valence-electron chi connectivity index (χ1n) is 6.94. The average molecular weight is 315 g/mol. The molecule has 3 nitrogen and oxygen atoms in total. The molecule has 0 heterocycles. The van der Waals surface area contributed by atoms with Gasteiger partial charge in [-0.25, -0.2) is 0 Å². The highest BCUT2D eigenvalue weighted by Crippen LogP contribution is 2.45. The molecule has 0 unspecified atom stereocenters. The molecule has 0 aromatic heterocycles. The number of benzene rings is 1. The highest BCUT2D eigenvalue weighted by Gasteiger charge is 2.41. The van der Waals surface area contributed by atoms with Crippen LogP contribution in [-0.2, 0) is 4.79 Å². The van der Waals surface area contributed by atoms with Gasteiger partial charge in [-0.3, -0.25) is 4.79 Å². The Hall–Kier alpha value is -0.710. The molecule has 1 amide bonds. The van der Waals surface area contributed by atoms with E-state index in [9.17, 15) is 4.79 Å². The number of carbonyl (C=O) groups is 1. The minimum atomic E-state index is -0.255. The molecule has 2 N–H and O–H groups in total. The van der Waals surface area contributed by atoms with E-state index in [2.05, 4.69) is 22.8 Å². The summed E-state index contributed by atoms with van der Waals surface area (Å²) in [5.74, 6) is 0.203. The van der Waals surface area contributed by atoms with Crippen LogP contribution in [0.25, 0.3) is 0 Å². The van der Waals surface area contributed by atoms with Crippen molar-refractivity contribution in [2.24, 2.45) is 0 Å². The second-order valence-corrected chi connectivity index (χ2v) is 6.43. The Morgan fingerprint density at radius 3 is 2.45 bits per heavy atom. The van der Waals surface area contributed by atoms with Crippen molar-refractivity contribution in [1.82, 2.24) is 10.6 Å². The Morgan fingerprint density at radius 2 is 1.85 bits per heavy atom. The Morgan fingerprint density at radius 1 is 1.20 bits per heavy atom. The van der Waals surface area contributed by atoms with Crippen molar-refractivity contribution in [3.05, 3.63) is 30.3 Å². The molecule has 0 radical (unpaired) electrons. The number of carbonyl (C=O) groups excluding carboxylic acids is 1. The monoisotopic (exact) mass is 314 g/mol. The van der Waals surface area contributed by atoms with E-state index < -0.39 is 0 Å². The molecule has 1 aliphatic rings. The summed E-state index contributed by atoms with van der Waals surface area (Å²) in [6.07, 6.45) is 4.27. The Labute approximate surface area is 131 Å². The topological polar surface area (TPSA) is 41.1 Å². The van der Waals surface area contributed by atoms with Crippen LogP contribution < -0.4 is 10.6 Å². The van der Waals surface area contributed by atoms with Crippen molar-refractivity contribution >= 4 is 30.1 Å². The van der Waals surface area contributed by atoms with Crippen molar-refractivity contribution in [1.29, 1.82) is 0 Å². The van der Waals surface area contributed by atoms with Crippen molar-refractivity contribution < 1.29 is 4.79 Å². The number of halogens is 1. The fraction of sp³-hybridized carbons (Fsp3) is 0.533. The zero-order chi connectivity index (χ0) is 13.6. The predicted octanol–water partition coefficient (Wildman–Crippen LogP) is 2.85. The summed E-state index contributed by atoms with van der Waals surface area (Å²) in [4.78, 5) is 13.7. The van der Waals surface area contributed by atoms with E-state index in [0.717, 1.165) is 32.2 Å². The molecule has 0 saturated heterocycles. The van der Waals surface area contributed by atoms with E-state index in [1.54, 1.807) is 11.8 Å². The zero-order valence-electron chi connectivity index (χ0n) is 11.9. The van der Waals surface area contributed by atoms with Gasteiger partial charge in [0.15, 0.2) is 0 Å². The quantitative estimate of drug-likeness (QED) is 0.793. The lowest BCUT2D eigenvalue weighted by atomic mass is 10.1. The van der Waals surface area contributed by atoms with Crippen molar-refractivity contribution in [2.75, 3.05) is 20.1 Å². The lowest BCUT2D eigenvalue weighted by Gasteiger charge is -2.27. The third-order valence-corrected chi connectivity index (χ3v) is 5.03. The molecule has 0 aliphatic heterocycles. The Kier molecular flexibility index (Phi) is 7.41. The van der Waals surface area contributed by atoms with Crippen LogP contribution in [-0.4, -0.2) is 30.8 Å². The molecule has 1 aliphatic carbocycles. The predicted molar refractivity (Wildman–Crippen MR) is 87.7 cm³/mol. The average Bonchev–Trinajstić information content (AvgIpc) is 2.90. The fourth-order valence-corrected chi connectivity index (χ4v) is 3.90. The molecule has 0 bridgehead atoms. The van der Waals surface area contributed by atoms with E-state index in [0.29, 0.717) is 6.54 Å². The van der Waals surface area contributed by atoms with Crippen LogP contribution in [0, 0.1) is 0 Å². The third kappa shape index (κ3) is 4.40. The highest BCUT2D eigenvalue weighted by atomic mass is 35.5. The number of nitrogens with one attached hydrogen (secondary N) is 2. The second kappa shape index (κ2) is 8.55. The molecule has 1 fully saturated rings. The normalized spacial score (nSPS) is 16.4. The van der Waals surface area contributed by atoms with Crippen LogP contribution in [0.3, 0.4) is 0 Å². The van der Waals surface area contributed by atoms with E-state index in [-0.39, 0.29) is 23.1 Å². The van der Waals surface area contributed by atoms with Crippen molar-refractivity contribution in [3.8, 4) is 0 Å². The summed E-state index contributed by atoms with van der Waals surface area (Å²) < 4.78 is -0.255. The van der Waals surface area contributed by atoms with Crippen LogP contribution in [0.5, 0.6) is 0 Å². The summed E-state index contributed by atoms with van der Waals surface area (Å²) in [6.45, 7) is 1.52. The number of hydrogen-bond donors (Lipinski definition) is 2. The molecule has 0 spiro atoms. The first-order valence-corrected chi connectivity index (χ1v) is 7.75. The summed E-state index contributed by atoms with van der Waals surface area (Å²) in [5.41, 5.74) is 0. The molecule has 112 valence electrons. The number of thioether (sulfide) groups is 1. The van der Waals surface area contributed by atoms with Crippen LogP contribution in [0.1, 0.15) is 25.7 Å². The summed E-state index contributed by atoms with van der Waals surface area (Å²) in [6, 6.07) is 10.3. The van der Waals surface area contributed by atoms with E-state index in [4.69, 9.17) is 0 Å². The van der Waals surface area contributed by atoms with Crippen LogP contribution >= 0.6 is 24.2 Å². The standard InChI is InChI=1S/C15H22N2OS.ClH/c1-16-11-12-17-14(18)15(9-5-6-10-15)19-13-7-3-2-4-8-13;/h2-4,7-8,16H,5-6,9-12H2,1H3,(H,17,18);1H. The lowest BCUT2D eigenvalue weighted by molar-refractivity contribution is -0.123. The Bertz CT molecular complexity index is 408. The van der Waals surface area contributed by atoms with Crippen LogP contribution in [0.4, 0.5) is 0 Å². The third-order valence-electron chi connectivity index (χ3n) is 3.54. The molecule has 20 heavy (non-hydrogen) atoms. The first kappa shape index (κ1) is 17.3. The SMILES string of the molecule is CNCCNC(=O)C1(Sc2ccccc2)CCCC1.Cl. The van der Waals surface area contributed by atoms with Gasteiger partial charge in [-0.05, 0) is 32.0 Å². The maximum atomic E-state index is 12.5. The molecule has 1 aromatic carbocycles. The van der Waals surface area contributed by atoms with E-state index in [1.165, 1.54) is 4.90 Å². The number of hydrogen-bond acceptors (Lipinski definition) is 3. The zero-order valence-corrected chi connectivity index (χ0v) is 13.5. The summed E-state index contributed by atoms with van der Waals surface area (Å²) >= 11 is 1.73. The van der Waals surface area contributed by atoms with Gasteiger partial charge >= 0.3 is 0 Å². The molecule has 1 saturated carbocycles. The minimum absolute atomic E-state index is 0. The van der Waals surface area contributed by atoms with Gasteiger partial charge in [0.05, 0.1) is 4.75 Å². The van der Waals surface area contributed by atoms with Gasteiger partial charge in [0.2, 0.25) is 5.91 Å². The fourth-order valence-electron chi connectivity index (χ4n) is 2.50. The smallest absolute Gasteiger partial charge is 0.236 e. The van der Waals surface area contributed by atoms with Crippen LogP contribution in [0.15, 0.2) is 35.2 Å². The van der Waals surface area contributed by atoms with Gasteiger partial charge in [0, 0.05) is 18.0 Å². The first-order chi connectivity index (χ1) is 9.27. The number of amides is 1. The molecular weight excluding hydrogens is 292 g/mol. The van der Waals surface area contributed by atoms with Crippen molar-refractivity contribution in [2.45, 2.75) is 35.3 Å². The van der Waals surface area contributed by atoms with E-state index >= 15 is 0 Å². The number of likely N-dealkylation sites (N-methyl/N-ethyl adjacent to an activating group) is 1. The minimum Gasteiger partial charge on any atom is -0.354 e. The molecule has 0 atom stereocenters. The Balaban J connectivity index is 0.00000200. The van der Waals surface area contributed by atoms with Gasteiger partial charge in [-0.1, -0.05) is 31.0 Å². The molecule has 2 rings (SSSR count). The number of rotatable bonds is 6. The van der Waals surface area contributed by atoms with Gasteiger partial charge in [-0.15, -0.1) is 24.2 Å². The molecular formula is C15H23ClN2OS. The summed E-state index contributed by atoms with van der Waals surface area (Å²) in [7, 11) is 1.90.